The lowest BCUT2D eigenvalue weighted by atomic mass is 10.3. The molecule has 0 spiro atoms. The van der Waals surface area contributed by atoms with E-state index in [-0.39, 0.29) is 0 Å². The van der Waals surface area contributed by atoms with Gasteiger partial charge < -0.3 is 14.8 Å². The molecule has 0 atom stereocenters. The van der Waals surface area contributed by atoms with Gasteiger partial charge in [0.25, 0.3) is 0 Å². The molecule has 0 fully saturated rings. The molecule has 0 rings (SSSR count). The van der Waals surface area contributed by atoms with E-state index in [2.05, 4.69) is 22.1 Å². The molecule has 75 valence electrons. The summed E-state index contributed by atoms with van der Waals surface area (Å²) in [4.78, 5) is 0. The lowest BCUT2D eigenvalue weighted by molar-refractivity contribution is -0.146. The fourth-order valence-corrected chi connectivity index (χ4v) is 1.11. The van der Waals surface area contributed by atoms with Gasteiger partial charge in [0.2, 0.25) is 0 Å². The van der Waals surface area contributed by atoms with Crippen LogP contribution in [0.5, 0.6) is 0 Å². The predicted octanol–water partition coefficient (Wildman–Crippen LogP) is 0.657. The van der Waals surface area contributed by atoms with E-state index in [1.165, 1.54) is 0 Å². The van der Waals surface area contributed by atoms with Crippen molar-refractivity contribution in [1.29, 1.82) is 0 Å². The van der Waals surface area contributed by atoms with Crippen molar-refractivity contribution in [3.8, 4) is 0 Å². The van der Waals surface area contributed by atoms with Crippen LogP contribution < -0.4 is 5.32 Å². The fraction of sp³-hybridized carbons (Fsp3) is 0.778. The zero-order valence-corrected chi connectivity index (χ0v) is 9.43. The van der Waals surface area contributed by atoms with Crippen LogP contribution in [0.4, 0.5) is 0 Å². The molecule has 3 nitrogen and oxygen atoms in total. The Morgan fingerprint density at radius 1 is 1.46 bits per heavy atom. The van der Waals surface area contributed by atoms with Crippen LogP contribution in [0, 0.1) is 0 Å². The van der Waals surface area contributed by atoms with Crippen LogP contribution in [0.1, 0.15) is 12.8 Å². The van der Waals surface area contributed by atoms with E-state index in [0.717, 1.165) is 25.9 Å². The zero-order chi connectivity index (χ0) is 10.2. The molecule has 0 aliphatic heterocycles. The summed E-state index contributed by atoms with van der Waals surface area (Å²) in [6.07, 6.45) is 3.63. The molecular formula is C9H18NO2Si. The molecule has 0 aliphatic carbocycles. The van der Waals surface area contributed by atoms with Gasteiger partial charge in [0, 0.05) is 20.8 Å². The summed E-state index contributed by atoms with van der Waals surface area (Å²) in [5.74, 6) is 0. The molecule has 0 saturated heterocycles. The quantitative estimate of drug-likeness (QED) is 0.270. The summed E-state index contributed by atoms with van der Waals surface area (Å²) in [5.41, 5.74) is -0.629. The van der Waals surface area contributed by atoms with Crippen molar-refractivity contribution in [3.05, 3.63) is 12.7 Å². The zero-order valence-electron chi connectivity index (χ0n) is 8.43. The highest BCUT2D eigenvalue weighted by molar-refractivity contribution is 6.13. The summed E-state index contributed by atoms with van der Waals surface area (Å²) in [7, 11) is 6.65. The van der Waals surface area contributed by atoms with E-state index in [4.69, 9.17) is 9.47 Å². The highest BCUT2D eigenvalue weighted by Crippen LogP contribution is 2.12. The van der Waals surface area contributed by atoms with Gasteiger partial charge in [-0.15, -0.1) is 6.58 Å². The lowest BCUT2D eigenvalue weighted by Crippen LogP contribution is -2.35. The van der Waals surface area contributed by atoms with Gasteiger partial charge >= 0.3 is 0 Å². The molecule has 0 saturated carbocycles. The molecule has 0 heterocycles. The smallest absolute Gasteiger partial charge is 0.143 e. The highest BCUT2D eigenvalue weighted by atomic mass is 28.1. The Labute approximate surface area is 83.9 Å². The van der Waals surface area contributed by atoms with E-state index in [0.29, 0.717) is 0 Å². The number of methoxy groups -OCH3 is 2. The molecule has 13 heavy (non-hydrogen) atoms. The summed E-state index contributed by atoms with van der Waals surface area (Å²) >= 11 is 0. The average molecular weight is 200 g/mol. The largest absolute Gasteiger partial charge is 0.358 e. The summed E-state index contributed by atoms with van der Waals surface area (Å²) < 4.78 is 10.3. The van der Waals surface area contributed by atoms with Gasteiger partial charge in [-0.2, -0.15) is 0 Å². The van der Waals surface area contributed by atoms with Crippen molar-refractivity contribution in [2.24, 2.45) is 0 Å². The SMILES string of the molecule is C=CCNCCCC([Si])(OC)OC. The third-order valence-corrected chi connectivity index (χ3v) is 2.47. The van der Waals surface area contributed by atoms with E-state index >= 15 is 0 Å². The lowest BCUT2D eigenvalue weighted by Gasteiger charge is -2.26. The van der Waals surface area contributed by atoms with Crippen LogP contribution >= 0.6 is 0 Å². The monoisotopic (exact) mass is 200 g/mol. The summed E-state index contributed by atoms with van der Waals surface area (Å²) in [5, 5.41) is 3.21. The second kappa shape index (κ2) is 7.26. The Hall–Kier alpha value is -0.163. The minimum Gasteiger partial charge on any atom is -0.358 e. The summed E-state index contributed by atoms with van der Waals surface area (Å²) in [6.45, 7) is 5.40. The van der Waals surface area contributed by atoms with E-state index in [1.54, 1.807) is 14.2 Å². The van der Waals surface area contributed by atoms with Crippen LogP contribution in [0.2, 0.25) is 0 Å². The maximum atomic E-state index is 5.14. The van der Waals surface area contributed by atoms with Gasteiger partial charge in [-0.05, 0) is 19.4 Å². The van der Waals surface area contributed by atoms with E-state index in [9.17, 15) is 0 Å². The van der Waals surface area contributed by atoms with Gasteiger partial charge in [0.1, 0.15) is 15.7 Å². The molecule has 0 aromatic rings. The van der Waals surface area contributed by atoms with Gasteiger partial charge in [-0.1, -0.05) is 6.08 Å². The molecule has 0 bridgehead atoms. The van der Waals surface area contributed by atoms with Crippen LogP contribution in [-0.4, -0.2) is 43.0 Å². The number of ether oxygens (including phenoxy) is 2. The number of rotatable bonds is 8. The Morgan fingerprint density at radius 2 is 2.08 bits per heavy atom. The minimum absolute atomic E-state index is 0.629. The molecule has 4 heteroatoms. The van der Waals surface area contributed by atoms with Gasteiger partial charge in [-0.3, -0.25) is 0 Å². The van der Waals surface area contributed by atoms with Gasteiger partial charge in [-0.25, -0.2) is 0 Å². The second-order valence-corrected chi connectivity index (χ2v) is 3.52. The average Bonchev–Trinajstić information content (AvgIpc) is 2.17. The maximum Gasteiger partial charge on any atom is 0.143 e. The number of nitrogens with one attached hydrogen (secondary N) is 1. The Kier molecular flexibility index (Phi) is 7.17. The first-order valence-electron chi connectivity index (χ1n) is 4.35. The first-order valence-corrected chi connectivity index (χ1v) is 4.85. The van der Waals surface area contributed by atoms with Gasteiger partial charge in [0.05, 0.1) is 0 Å². The van der Waals surface area contributed by atoms with Crippen LogP contribution in [0.3, 0.4) is 0 Å². The normalized spacial score (nSPS) is 11.6. The third-order valence-electron chi connectivity index (χ3n) is 1.81. The van der Waals surface area contributed by atoms with Crippen molar-refractivity contribution in [3.63, 3.8) is 0 Å². The molecule has 0 amide bonds. The molecule has 0 aromatic heterocycles. The van der Waals surface area contributed by atoms with Crippen LogP contribution in [0.25, 0.3) is 0 Å². The van der Waals surface area contributed by atoms with E-state index < -0.39 is 5.41 Å². The molecular weight excluding hydrogens is 182 g/mol. The Balaban J connectivity index is 3.44. The van der Waals surface area contributed by atoms with Crippen LogP contribution in [0.15, 0.2) is 12.7 Å². The molecule has 0 unspecified atom stereocenters. The molecule has 3 radical (unpaired) electrons. The standard InChI is InChI=1S/C9H18NO2Si/c1-4-7-10-8-5-6-9(13,11-2)12-3/h4,10H,1,5-8H2,2-3H3. The highest BCUT2D eigenvalue weighted by Gasteiger charge is 2.21. The molecule has 0 aromatic carbocycles. The third kappa shape index (κ3) is 5.98. The first kappa shape index (κ1) is 12.8. The van der Waals surface area contributed by atoms with Crippen molar-refractivity contribution in [2.75, 3.05) is 27.3 Å². The van der Waals surface area contributed by atoms with Crippen molar-refractivity contribution < 1.29 is 9.47 Å². The minimum atomic E-state index is -0.629. The number of hydrogen-bond donors (Lipinski definition) is 1. The molecule has 1 N–H and O–H groups in total. The maximum absolute atomic E-state index is 5.14. The molecule has 0 aliphatic rings. The fourth-order valence-electron chi connectivity index (χ4n) is 0.938. The Bertz CT molecular complexity index is 138. The topological polar surface area (TPSA) is 30.5 Å². The Morgan fingerprint density at radius 3 is 2.54 bits per heavy atom. The van der Waals surface area contributed by atoms with Gasteiger partial charge in [0.15, 0.2) is 0 Å². The predicted molar refractivity (Wildman–Crippen MR) is 54.8 cm³/mol. The second-order valence-electron chi connectivity index (χ2n) is 2.76. The van der Waals surface area contributed by atoms with Crippen molar-refractivity contribution in [1.82, 2.24) is 5.32 Å². The van der Waals surface area contributed by atoms with E-state index in [1.807, 2.05) is 6.08 Å². The van der Waals surface area contributed by atoms with Crippen molar-refractivity contribution in [2.45, 2.75) is 18.3 Å². The first-order chi connectivity index (χ1) is 6.18. The van der Waals surface area contributed by atoms with Crippen LogP contribution in [-0.2, 0) is 9.47 Å². The van der Waals surface area contributed by atoms with Crippen molar-refractivity contribution >= 4 is 10.2 Å². The summed E-state index contributed by atoms with van der Waals surface area (Å²) in [6, 6.07) is 0. The number of hydrogen-bond acceptors (Lipinski definition) is 3.